The van der Waals surface area contributed by atoms with Crippen molar-refractivity contribution < 1.29 is 17.5 Å². The third-order valence-electron chi connectivity index (χ3n) is 4.91. The Morgan fingerprint density at radius 3 is 2.71 bits per heavy atom. The maximum absolute atomic E-state index is 14.7. The Hall–Kier alpha value is -1.77. The Balaban J connectivity index is 1.84. The standard InChI is InChI=1S/C19H23ClFN3O3S/c1-24(2)16-5-3-4-6-17(16)27-18-10-15(21)19(9-14(18)20)28(25,26)11-13-7-8-22-12-23-13/h7-10,12,16-17H,3-6,11H2,1-2H3/t16?,17-/m1/s1. The number of hydrogen-bond acceptors (Lipinski definition) is 6. The molecule has 152 valence electrons. The number of rotatable bonds is 6. The minimum atomic E-state index is -3.95. The molecule has 2 aromatic rings. The van der Waals surface area contributed by atoms with Crippen LogP contribution in [0.4, 0.5) is 4.39 Å². The van der Waals surface area contributed by atoms with E-state index in [4.69, 9.17) is 16.3 Å². The minimum Gasteiger partial charge on any atom is -0.487 e. The summed E-state index contributed by atoms with van der Waals surface area (Å²) in [5, 5.41) is 0.0748. The van der Waals surface area contributed by atoms with E-state index in [2.05, 4.69) is 14.9 Å². The maximum atomic E-state index is 14.7. The Labute approximate surface area is 169 Å². The number of benzene rings is 1. The van der Waals surface area contributed by atoms with Crippen LogP contribution in [0.5, 0.6) is 5.75 Å². The van der Waals surface area contributed by atoms with Crippen molar-refractivity contribution >= 4 is 21.4 Å². The van der Waals surface area contributed by atoms with E-state index in [-0.39, 0.29) is 28.6 Å². The summed E-state index contributed by atoms with van der Waals surface area (Å²) in [6, 6.07) is 3.86. The number of sulfone groups is 1. The highest BCUT2D eigenvalue weighted by Crippen LogP contribution is 2.34. The van der Waals surface area contributed by atoms with E-state index in [0.717, 1.165) is 37.8 Å². The fraction of sp³-hybridized carbons (Fsp3) is 0.474. The summed E-state index contributed by atoms with van der Waals surface area (Å²) in [7, 11) is 0.0129. The lowest BCUT2D eigenvalue weighted by Crippen LogP contribution is -2.44. The predicted molar refractivity (Wildman–Crippen MR) is 105 cm³/mol. The van der Waals surface area contributed by atoms with E-state index in [1.807, 2.05) is 14.1 Å². The molecule has 1 aromatic carbocycles. The molecular weight excluding hydrogens is 405 g/mol. The Morgan fingerprint density at radius 2 is 2.04 bits per heavy atom. The van der Waals surface area contributed by atoms with Crippen LogP contribution in [-0.4, -0.2) is 49.5 Å². The van der Waals surface area contributed by atoms with Crippen molar-refractivity contribution in [2.24, 2.45) is 0 Å². The largest absolute Gasteiger partial charge is 0.487 e. The second-order valence-electron chi connectivity index (χ2n) is 7.14. The highest BCUT2D eigenvalue weighted by molar-refractivity contribution is 7.90. The average molecular weight is 428 g/mol. The van der Waals surface area contributed by atoms with Gasteiger partial charge in [0.15, 0.2) is 9.84 Å². The van der Waals surface area contributed by atoms with E-state index in [0.29, 0.717) is 0 Å². The van der Waals surface area contributed by atoms with E-state index in [1.54, 1.807) is 0 Å². The maximum Gasteiger partial charge on any atom is 0.187 e. The van der Waals surface area contributed by atoms with Crippen LogP contribution in [0.25, 0.3) is 0 Å². The van der Waals surface area contributed by atoms with Gasteiger partial charge in [0.25, 0.3) is 0 Å². The smallest absolute Gasteiger partial charge is 0.187 e. The van der Waals surface area contributed by atoms with E-state index in [9.17, 15) is 12.8 Å². The molecule has 0 N–H and O–H groups in total. The normalized spacial score (nSPS) is 20.3. The molecule has 0 amide bonds. The van der Waals surface area contributed by atoms with Gasteiger partial charge in [0.1, 0.15) is 28.9 Å². The third-order valence-corrected chi connectivity index (χ3v) is 6.87. The Kier molecular flexibility index (Phi) is 6.52. The van der Waals surface area contributed by atoms with Gasteiger partial charge in [-0.05, 0) is 45.5 Å². The number of likely N-dealkylation sites (N-methyl/N-ethyl adjacent to an activating group) is 1. The van der Waals surface area contributed by atoms with Crippen LogP contribution in [0.3, 0.4) is 0 Å². The molecule has 0 radical (unpaired) electrons. The molecular formula is C19H23ClFN3O3S. The molecule has 9 heteroatoms. The first-order chi connectivity index (χ1) is 13.3. The molecule has 0 bridgehead atoms. The lowest BCUT2D eigenvalue weighted by molar-refractivity contribution is 0.0620. The topological polar surface area (TPSA) is 72.4 Å². The van der Waals surface area contributed by atoms with Gasteiger partial charge in [-0.3, -0.25) is 0 Å². The van der Waals surface area contributed by atoms with Crippen molar-refractivity contribution in [2.45, 2.75) is 48.5 Å². The fourth-order valence-electron chi connectivity index (χ4n) is 3.48. The van der Waals surface area contributed by atoms with Gasteiger partial charge in [-0.25, -0.2) is 22.8 Å². The Bertz CT molecular complexity index is 926. The highest BCUT2D eigenvalue weighted by Gasteiger charge is 2.30. The molecule has 1 aromatic heterocycles. The molecule has 0 spiro atoms. The molecule has 0 aliphatic heterocycles. The van der Waals surface area contributed by atoms with Crippen molar-refractivity contribution in [3.8, 4) is 5.75 Å². The van der Waals surface area contributed by atoms with Gasteiger partial charge in [0, 0.05) is 18.3 Å². The monoisotopic (exact) mass is 427 g/mol. The van der Waals surface area contributed by atoms with Crippen LogP contribution >= 0.6 is 11.6 Å². The molecule has 3 rings (SSSR count). The molecule has 1 aliphatic carbocycles. The van der Waals surface area contributed by atoms with Gasteiger partial charge in [-0.15, -0.1) is 0 Å². The van der Waals surface area contributed by atoms with E-state index < -0.39 is 26.3 Å². The van der Waals surface area contributed by atoms with Gasteiger partial charge in [0.2, 0.25) is 0 Å². The molecule has 2 atom stereocenters. The summed E-state index contributed by atoms with van der Waals surface area (Å²) in [6.45, 7) is 0. The number of ether oxygens (including phenoxy) is 1. The first kappa shape index (κ1) is 21.0. The summed E-state index contributed by atoms with van der Waals surface area (Å²) in [5.74, 6) is -1.15. The lowest BCUT2D eigenvalue weighted by atomic mass is 9.91. The third kappa shape index (κ3) is 4.79. The predicted octanol–water partition coefficient (Wildman–Crippen LogP) is 3.49. The van der Waals surface area contributed by atoms with Gasteiger partial charge in [-0.1, -0.05) is 18.0 Å². The van der Waals surface area contributed by atoms with Gasteiger partial charge >= 0.3 is 0 Å². The number of aromatic nitrogens is 2. The summed E-state index contributed by atoms with van der Waals surface area (Å²) in [4.78, 5) is 9.26. The SMILES string of the molecule is CN(C)C1CCCC[C@H]1Oc1cc(F)c(S(=O)(=O)Cc2ccncn2)cc1Cl. The number of nitrogens with zero attached hydrogens (tertiary/aromatic N) is 3. The first-order valence-corrected chi connectivity index (χ1v) is 11.1. The second-order valence-corrected chi connectivity index (χ2v) is 9.51. The van der Waals surface area contributed by atoms with Gasteiger partial charge < -0.3 is 9.64 Å². The summed E-state index contributed by atoms with van der Waals surface area (Å²) < 4.78 is 45.9. The fourth-order valence-corrected chi connectivity index (χ4v) is 5.13. The zero-order valence-corrected chi connectivity index (χ0v) is 17.4. The van der Waals surface area contributed by atoms with Crippen LogP contribution in [0.2, 0.25) is 5.02 Å². The molecule has 6 nitrogen and oxygen atoms in total. The van der Waals surface area contributed by atoms with Crippen LogP contribution in [-0.2, 0) is 15.6 Å². The van der Waals surface area contributed by atoms with Crippen molar-refractivity contribution in [3.05, 3.63) is 47.3 Å². The van der Waals surface area contributed by atoms with Crippen molar-refractivity contribution in [1.29, 1.82) is 0 Å². The Morgan fingerprint density at radius 1 is 1.29 bits per heavy atom. The molecule has 1 saturated carbocycles. The second kappa shape index (κ2) is 8.71. The van der Waals surface area contributed by atoms with Gasteiger partial charge in [0.05, 0.1) is 16.5 Å². The van der Waals surface area contributed by atoms with Crippen molar-refractivity contribution in [2.75, 3.05) is 14.1 Å². The minimum absolute atomic E-state index is 0.0748. The van der Waals surface area contributed by atoms with Crippen molar-refractivity contribution in [1.82, 2.24) is 14.9 Å². The zero-order valence-electron chi connectivity index (χ0n) is 15.8. The van der Waals surface area contributed by atoms with Crippen LogP contribution in [0, 0.1) is 5.82 Å². The molecule has 0 saturated heterocycles. The van der Waals surface area contributed by atoms with Crippen LogP contribution < -0.4 is 4.74 Å². The molecule has 28 heavy (non-hydrogen) atoms. The van der Waals surface area contributed by atoms with E-state index >= 15 is 0 Å². The van der Waals surface area contributed by atoms with Crippen LogP contribution in [0.15, 0.2) is 35.6 Å². The van der Waals surface area contributed by atoms with Crippen molar-refractivity contribution in [3.63, 3.8) is 0 Å². The highest BCUT2D eigenvalue weighted by atomic mass is 35.5. The number of halogens is 2. The molecule has 1 aliphatic rings. The molecule has 1 fully saturated rings. The molecule has 1 unspecified atom stereocenters. The average Bonchev–Trinajstić information content (AvgIpc) is 2.65. The van der Waals surface area contributed by atoms with E-state index in [1.165, 1.54) is 18.6 Å². The quantitative estimate of drug-likeness (QED) is 0.702. The molecule has 1 heterocycles. The summed E-state index contributed by atoms with van der Waals surface area (Å²) in [5.41, 5.74) is 0.280. The lowest BCUT2D eigenvalue weighted by Gasteiger charge is -2.36. The first-order valence-electron chi connectivity index (χ1n) is 9.07. The number of hydrogen-bond donors (Lipinski definition) is 0. The summed E-state index contributed by atoms with van der Waals surface area (Å²) in [6.07, 6.45) is 6.53. The summed E-state index contributed by atoms with van der Waals surface area (Å²) >= 11 is 6.26. The van der Waals surface area contributed by atoms with Gasteiger partial charge in [-0.2, -0.15) is 0 Å². The van der Waals surface area contributed by atoms with Crippen LogP contribution in [0.1, 0.15) is 31.4 Å². The zero-order chi connectivity index (χ0) is 20.3.